The molecule has 1 aliphatic heterocycles. The molecule has 0 saturated carbocycles. The van der Waals surface area contributed by atoms with Gasteiger partial charge in [-0.25, -0.2) is 5.26 Å². The molecule has 0 spiro atoms. The number of nitriles is 1. The molecule has 0 amide bonds. The summed E-state index contributed by atoms with van der Waals surface area (Å²) < 4.78 is 0. The molecule has 0 N–H and O–H groups in total. The van der Waals surface area contributed by atoms with Crippen LogP contribution in [-0.2, 0) is 0 Å². The van der Waals surface area contributed by atoms with Gasteiger partial charge in [-0.1, -0.05) is 78.1 Å². The van der Waals surface area contributed by atoms with Gasteiger partial charge in [-0.3, -0.25) is 0 Å². The van der Waals surface area contributed by atoms with Crippen molar-refractivity contribution in [2.75, 3.05) is 19.6 Å². The van der Waals surface area contributed by atoms with Gasteiger partial charge in [0, 0.05) is 13.1 Å². The van der Waals surface area contributed by atoms with Crippen LogP contribution in [0.25, 0.3) is 0 Å². The Labute approximate surface area is 140 Å². The first-order valence-corrected chi connectivity index (χ1v) is 9.85. The Morgan fingerprint density at radius 3 is 1.95 bits per heavy atom. The van der Waals surface area contributed by atoms with Crippen LogP contribution in [-0.4, -0.2) is 24.5 Å². The minimum atomic E-state index is 1.02. The molecular formula is C20H40N2. The minimum Gasteiger partial charge on any atom is -0.303 e. The van der Waals surface area contributed by atoms with E-state index in [1.165, 1.54) is 103 Å². The Hall–Kier alpha value is -0.550. The van der Waals surface area contributed by atoms with E-state index >= 15 is 0 Å². The summed E-state index contributed by atoms with van der Waals surface area (Å²) >= 11 is 0. The summed E-state index contributed by atoms with van der Waals surface area (Å²) in [6.45, 7) is 12.3. The van der Waals surface area contributed by atoms with Crippen LogP contribution in [0.1, 0.15) is 97.3 Å². The van der Waals surface area contributed by atoms with E-state index in [0.717, 1.165) is 5.92 Å². The first-order chi connectivity index (χ1) is 10.9. The quantitative estimate of drug-likeness (QED) is 0.380. The second-order valence-corrected chi connectivity index (χ2v) is 6.93. The maximum atomic E-state index is 6.50. The van der Waals surface area contributed by atoms with Crippen molar-refractivity contribution in [3.05, 3.63) is 0 Å². The van der Waals surface area contributed by atoms with Gasteiger partial charge in [-0.2, -0.15) is 0 Å². The molecule has 1 aliphatic rings. The van der Waals surface area contributed by atoms with Gasteiger partial charge in [0.25, 0.3) is 0 Å². The molecule has 1 fully saturated rings. The maximum Gasteiger partial charge on any atom is 0.0462 e. The number of hydrogen-bond donors (Lipinski definition) is 0. The summed E-state index contributed by atoms with van der Waals surface area (Å²) in [4.78, 5) is 2.72. The van der Waals surface area contributed by atoms with Crippen molar-refractivity contribution < 1.29 is 0 Å². The van der Waals surface area contributed by atoms with E-state index < -0.39 is 0 Å². The summed E-state index contributed by atoms with van der Waals surface area (Å²) in [7, 11) is 0. The summed E-state index contributed by atoms with van der Waals surface area (Å²) in [6.07, 6.45) is 18.8. The minimum absolute atomic E-state index is 1.02. The predicted octanol–water partition coefficient (Wildman–Crippen LogP) is 6.17. The van der Waals surface area contributed by atoms with Crippen molar-refractivity contribution in [3.8, 4) is 6.57 Å². The van der Waals surface area contributed by atoms with Crippen LogP contribution in [0.4, 0.5) is 0 Å². The lowest BCUT2D eigenvalue weighted by atomic mass is 10.0. The fraction of sp³-hybridized carbons (Fsp3) is 0.950. The monoisotopic (exact) mass is 308 g/mol. The number of likely N-dealkylation sites (tertiary alicyclic amines) is 1. The van der Waals surface area contributed by atoms with Crippen molar-refractivity contribution in [1.29, 1.82) is 5.26 Å². The molecule has 0 aromatic rings. The zero-order valence-corrected chi connectivity index (χ0v) is 15.4. The highest BCUT2D eigenvalue weighted by molar-refractivity contribution is 4.75. The molecule has 0 radical (unpaired) electrons. The fourth-order valence-electron chi connectivity index (χ4n) is 3.49. The highest BCUT2D eigenvalue weighted by atomic mass is 15.1. The molecule has 0 aromatic heterocycles. The second-order valence-electron chi connectivity index (χ2n) is 6.93. The first-order valence-electron chi connectivity index (χ1n) is 9.85. The van der Waals surface area contributed by atoms with Crippen molar-refractivity contribution in [1.82, 2.24) is 4.90 Å². The molecule has 0 aliphatic carbocycles. The molecule has 130 valence electrons. The predicted molar refractivity (Wildman–Crippen MR) is 98.0 cm³/mol. The van der Waals surface area contributed by atoms with Crippen LogP contribution in [0, 0.1) is 17.8 Å². The molecule has 0 bridgehead atoms. The van der Waals surface area contributed by atoms with E-state index in [4.69, 9.17) is 5.26 Å². The Balaban J connectivity index is 0.00000211. The van der Waals surface area contributed by atoms with E-state index in [-0.39, 0.29) is 0 Å². The van der Waals surface area contributed by atoms with Crippen LogP contribution in [0.5, 0.6) is 0 Å². The Morgan fingerprint density at radius 1 is 0.818 bits per heavy atom. The third-order valence-corrected chi connectivity index (χ3v) is 4.91. The number of unbranched alkanes of at least 4 members (excludes halogenated alkanes) is 9. The third kappa shape index (κ3) is 12.0. The summed E-state index contributed by atoms with van der Waals surface area (Å²) in [5.41, 5.74) is 0. The summed E-state index contributed by atoms with van der Waals surface area (Å²) in [5, 5.41) is 6.50. The largest absolute Gasteiger partial charge is 0.303 e. The van der Waals surface area contributed by atoms with Gasteiger partial charge in [0.15, 0.2) is 0 Å². The maximum absolute atomic E-state index is 6.50. The van der Waals surface area contributed by atoms with E-state index in [0.29, 0.717) is 0 Å². The number of rotatable bonds is 13. The van der Waals surface area contributed by atoms with E-state index in [1.807, 2.05) is 0 Å². The molecule has 1 atom stereocenters. The Bertz CT molecular complexity index is 237. The van der Waals surface area contributed by atoms with Crippen molar-refractivity contribution in [2.24, 2.45) is 5.92 Å². The zero-order chi connectivity index (χ0) is 16.5. The van der Waals surface area contributed by atoms with Crippen molar-refractivity contribution >= 4 is 0 Å². The zero-order valence-electron chi connectivity index (χ0n) is 15.4. The van der Waals surface area contributed by atoms with Crippen LogP contribution < -0.4 is 0 Å². The smallest absolute Gasteiger partial charge is 0.0462 e. The summed E-state index contributed by atoms with van der Waals surface area (Å²) in [6, 6.07) is 0. The topological polar surface area (TPSA) is 27.0 Å². The van der Waals surface area contributed by atoms with Gasteiger partial charge in [0.05, 0.1) is 0 Å². The lowest BCUT2D eigenvalue weighted by Gasteiger charge is -2.15. The lowest BCUT2D eigenvalue weighted by Crippen LogP contribution is -2.21. The first kappa shape index (κ1) is 21.4. The Kier molecular flexibility index (Phi) is 16.4. The summed E-state index contributed by atoms with van der Waals surface area (Å²) in [5.74, 6) is 1.02. The van der Waals surface area contributed by atoms with Crippen LogP contribution in [0.2, 0.25) is 0 Å². The van der Waals surface area contributed by atoms with Gasteiger partial charge in [-0.05, 0) is 38.3 Å². The Morgan fingerprint density at radius 2 is 1.36 bits per heavy atom. The molecule has 1 unspecified atom stereocenters. The molecule has 1 saturated heterocycles. The molecule has 2 heteroatoms. The highest BCUT2D eigenvalue weighted by Crippen LogP contribution is 2.22. The van der Waals surface area contributed by atoms with Gasteiger partial charge in [-0.15, -0.1) is 0 Å². The van der Waals surface area contributed by atoms with E-state index in [1.54, 1.807) is 0 Å². The van der Waals surface area contributed by atoms with Gasteiger partial charge in [0.1, 0.15) is 0 Å². The van der Waals surface area contributed by atoms with E-state index in [9.17, 15) is 0 Å². The number of hydrogen-bond acceptors (Lipinski definition) is 2. The van der Waals surface area contributed by atoms with Crippen LogP contribution in [0.15, 0.2) is 0 Å². The van der Waals surface area contributed by atoms with Crippen molar-refractivity contribution in [2.45, 2.75) is 97.3 Å². The lowest BCUT2D eigenvalue weighted by molar-refractivity contribution is 0.310. The van der Waals surface area contributed by atoms with Crippen LogP contribution in [0.3, 0.4) is 0 Å². The third-order valence-electron chi connectivity index (χ3n) is 4.91. The molecule has 1 heterocycles. The average Bonchev–Trinajstić information content (AvgIpc) is 3.01. The van der Waals surface area contributed by atoms with Crippen LogP contribution >= 0.6 is 0 Å². The number of nitrogens with zero attached hydrogens (tertiary/aromatic N) is 2. The standard InChI is InChI=1S/C19H39N.CHN/c1-3-5-7-8-9-10-11-12-13-16-20-17-15-19(18-20)14-6-4-2;1-2/h19H,3-18H2,1-2H3;1H. The second kappa shape index (κ2) is 16.8. The fourth-order valence-corrected chi connectivity index (χ4v) is 3.49. The highest BCUT2D eigenvalue weighted by Gasteiger charge is 2.20. The molecular weight excluding hydrogens is 268 g/mol. The molecule has 22 heavy (non-hydrogen) atoms. The van der Waals surface area contributed by atoms with Gasteiger partial charge < -0.3 is 4.90 Å². The van der Waals surface area contributed by atoms with Crippen molar-refractivity contribution in [3.63, 3.8) is 0 Å². The normalized spacial score (nSPS) is 18.1. The SMILES string of the molecule is C#N.CCCCCCCCCCCN1CCC(CCCC)C1. The van der Waals surface area contributed by atoms with Gasteiger partial charge in [0.2, 0.25) is 0 Å². The molecule has 2 nitrogen and oxygen atoms in total. The molecule has 0 aromatic carbocycles. The van der Waals surface area contributed by atoms with Gasteiger partial charge >= 0.3 is 0 Å². The average molecular weight is 309 g/mol. The molecule has 1 rings (SSSR count). The van der Waals surface area contributed by atoms with E-state index in [2.05, 4.69) is 25.3 Å².